The van der Waals surface area contributed by atoms with Crippen LogP contribution in [0.2, 0.25) is 0 Å². The number of ketones is 1. The largest absolute Gasteiger partial charge is 0.445 e. The maximum Gasteiger partial charge on any atom is 0.445 e. The highest BCUT2D eigenvalue weighted by Crippen LogP contribution is 2.31. The number of carbonyl (C=O) groups excluding carboxylic acids is 2. The fourth-order valence-corrected chi connectivity index (χ4v) is 3.65. The molecule has 120 valence electrons. The van der Waals surface area contributed by atoms with E-state index in [1.165, 1.54) is 16.1 Å². The molecular weight excluding hydrogens is 312 g/mol. The Labute approximate surface area is 134 Å². The maximum atomic E-state index is 12.1. The van der Waals surface area contributed by atoms with Crippen molar-refractivity contribution in [2.24, 2.45) is 11.1 Å². The minimum absolute atomic E-state index is 0.0758. The van der Waals surface area contributed by atoms with Gasteiger partial charge in [0.25, 0.3) is 0 Å². The molecule has 1 rings (SSSR count). The number of thioether (sulfide) groups is 1. The summed E-state index contributed by atoms with van der Waals surface area (Å²) in [6.45, 7) is 9.10. The molecule has 0 saturated carbocycles. The molecule has 0 aromatic rings. The van der Waals surface area contributed by atoms with Gasteiger partial charge in [-0.2, -0.15) is 0 Å². The highest BCUT2D eigenvalue weighted by atomic mass is 32.2. The van der Waals surface area contributed by atoms with Crippen molar-refractivity contribution in [3.8, 4) is 0 Å². The highest BCUT2D eigenvalue weighted by Gasteiger charge is 2.34. The molecule has 0 N–H and O–H groups in total. The fourth-order valence-electron chi connectivity index (χ4n) is 1.75. The van der Waals surface area contributed by atoms with E-state index in [0.717, 1.165) is 11.9 Å². The number of hydrogen-bond donors (Lipinski definition) is 0. The summed E-state index contributed by atoms with van der Waals surface area (Å²) in [7, 11) is 1.56. The summed E-state index contributed by atoms with van der Waals surface area (Å²) in [5, 5.41) is 4.44. The number of ether oxygens (including phenoxy) is 1. The number of rotatable bonds is 5. The molecule has 1 saturated heterocycles. The monoisotopic (exact) mass is 334 g/mol. The second kappa shape index (κ2) is 7.51. The van der Waals surface area contributed by atoms with Crippen LogP contribution in [0, 0.1) is 5.92 Å². The van der Waals surface area contributed by atoms with Crippen molar-refractivity contribution in [3.05, 3.63) is 0 Å². The third kappa shape index (κ3) is 5.19. The summed E-state index contributed by atoms with van der Waals surface area (Å²) in [6, 6.07) is 0. The Morgan fingerprint density at radius 1 is 1.52 bits per heavy atom. The van der Waals surface area contributed by atoms with Crippen LogP contribution in [0.1, 0.15) is 34.6 Å². The van der Waals surface area contributed by atoms with Gasteiger partial charge in [-0.25, -0.2) is 4.79 Å². The molecule has 1 unspecified atom stereocenters. The van der Waals surface area contributed by atoms with E-state index in [4.69, 9.17) is 9.57 Å². The molecule has 0 aromatic carbocycles. The van der Waals surface area contributed by atoms with E-state index >= 15 is 0 Å². The SMILES string of the molecule is CC(C)C(=O)C(C)(C)SN(C)C(=O)ON=C1SCOC1C. The molecule has 1 heterocycles. The molecular formula is C13H22N2O4S2. The molecule has 0 bridgehead atoms. The van der Waals surface area contributed by atoms with Gasteiger partial charge in [0.05, 0.1) is 10.7 Å². The topological polar surface area (TPSA) is 68.2 Å². The number of carbonyl (C=O) groups is 2. The normalized spacial score (nSPS) is 20.9. The van der Waals surface area contributed by atoms with Crippen LogP contribution in [0.5, 0.6) is 0 Å². The minimum atomic E-state index is -0.701. The van der Waals surface area contributed by atoms with Crippen LogP contribution in [0.25, 0.3) is 0 Å². The van der Waals surface area contributed by atoms with Gasteiger partial charge in [-0.15, -0.1) is 0 Å². The van der Waals surface area contributed by atoms with Crippen LogP contribution in [-0.4, -0.2) is 45.1 Å². The zero-order valence-electron chi connectivity index (χ0n) is 13.2. The Morgan fingerprint density at radius 3 is 2.62 bits per heavy atom. The van der Waals surface area contributed by atoms with Crippen LogP contribution in [0.15, 0.2) is 5.16 Å². The molecule has 1 amide bonds. The Hall–Kier alpha value is -0.730. The average Bonchev–Trinajstić information content (AvgIpc) is 2.79. The molecule has 0 radical (unpaired) electrons. The number of nitrogens with zero attached hydrogens (tertiary/aromatic N) is 2. The van der Waals surface area contributed by atoms with E-state index in [2.05, 4.69) is 5.16 Å². The smallest absolute Gasteiger partial charge is 0.361 e. The first kappa shape index (κ1) is 18.3. The van der Waals surface area contributed by atoms with Crippen LogP contribution < -0.4 is 0 Å². The Morgan fingerprint density at radius 2 is 2.14 bits per heavy atom. The molecule has 0 aromatic heterocycles. The molecule has 0 spiro atoms. The van der Waals surface area contributed by atoms with Gasteiger partial charge in [-0.05, 0) is 32.7 Å². The van der Waals surface area contributed by atoms with Crippen molar-refractivity contribution >= 4 is 40.6 Å². The summed E-state index contributed by atoms with van der Waals surface area (Å²) in [5.41, 5.74) is 0. The molecule has 6 nitrogen and oxygen atoms in total. The molecule has 1 aliphatic heterocycles. The Kier molecular flexibility index (Phi) is 6.55. The summed E-state index contributed by atoms with van der Waals surface area (Å²) in [5.74, 6) is 0.495. The third-order valence-corrected chi connectivity index (χ3v) is 4.86. The zero-order chi connectivity index (χ0) is 16.2. The first-order valence-electron chi connectivity index (χ1n) is 6.65. The fraction of sp³-hybridized carbons (Fsp3) is 0.769. The van der Waals surface area contributed by atoms with Crippen molar-refractivity contribution in [3.63, 3.8) is 0 Å². The van der Waals surface area contributed by atoms with Gasteiger partial charge in [-0.1, -0.05) is 30.8 Å². The van der Waals surface area contributed by atoms with Crippen molar-refractivity contribution in [1.29, 1.82) is 0 Å². The second-order valence-electron chi connectivity index (χ2n) is 5.48. The lowest BCUT2D eigenvalue weighted by molar-refractivity contribution is -0.123. The zero-order valence-corrected chi connectivity index (χ0v) is 14.8. The van der Waals surface area contributed by atoms with Crippen molar-refractivity contribution in [1.82, 2.24) is 4.31 Å². The third-order valence-electron chi connectivity index (χ3n) is 2.83. The molecule has 1 fully saturated rings. The van der Waals surface area contributed by atoms with Gasteiger partial charge in [-0.3, -0.25) is 13.9 Å². The predicted molar refractivity (Wildman–Crippen MR) is 86.2 cm³/mol. The molecule has 8 heteroatoms. The number of hydrogen-bond acceptors (Lipinski definition) is 7. The van der Waals surface area contributed by atoms with E-state index in [1.807, 2.05) is 20.8 Å². The Bertz CT molecular complexity index is 438. The summed E-state index contributed by atoms with van der Waals surface area (Å²) < 4.78 is 5.86. The van der Waals surface area contributed by atoms with Gasteiger partial charge < -0.3 is 4.74 Å². The lowest BCUT2D eigenvalue weighted by atomic mass is 9.98. The van der Waals surface area contributed by atoms with E-state index in [0.29, 0.717) is 11.0 Å². The van der Waals surface area contributed by atoms with Crippen molar-refractivity contribution in [2.45, 2.75) is 45.5 Å². The number of oxime groups is 1. The lowest BCUT2D eigenvalue weighted by Crippen LogP contribution is -2.36. The van der Waals surface area contributed by atoms with Crippen LogP contribution in [0.3, 0.4) is 0 Å². The van der Waals surface area contributed by atoms with Gasteiger partial charge in [0.15, 0.2) is 5.78 Å². The molecule has 21 heavy (non-hydrogen) atoms. The van der Waals surface area contributed by atoms with Crippen LogP contribution in [0.4, 0.5) is 4.79 Å². The van der Waals surface area contributed by atoms with Gasteiger partial charge in [0, 0.05) is 13.0 Å². The van der Waals surface area contributed by atoms with Gasteiger partial charge in [0.1, 0.15) is 11.1 Å². The molecule has 0 aliphatic carbocycles. The van der Waals surface area contributed by atoms with Crippen molar-refractivity contribution < 1.29 is 19.2 Å². The van der Waals surface area contributed by atoms with E-state index in [-0.39, 0.29) is 17.8 Å². The molecule has 1 aliphatic rings. The van der Waals surface area contributed by atoms with Gasteiger partial charge >= 0.3 is 6.09 Å². The quantitative estimate of drug-likeness (QED) is 0.437. The van der Waals surface area contributed by atoms with E-state index < -0.39 is 10.8 Å². The van der Waals surface area contributed by atoms with E-state index in [9.17, 15) is 9.59 Å². The van der Waals surface area contributed by atoms with Crippen molar-refractivity contribution in [2.75, 3.05) is 13.0 Å². The first-order chi connectivity index (χ1) is 9.65. The summed E-state index contributed by atoms with van der Waals surface area (Å²) in [6.07, 6.45) is -0.767. The minimum Gasteiger partial charge on any atom is -0.361 e. The predicted octanol–water partition coefficient (Wildman–Crippen LogP) is 3.13. The molecule has 1 atom stereocenters. The number of Topliss-reactive ketones (excluding diaryl/α,β-unsaturated/α-hetero) is 1. The summed E-state index contributed by atoms with van der Waals surface area (Å²) in [4.78, 5) is 28.9. The standard InChI is InChI=1S/C13H22N2O4S2/c1-8(2)10(16)13(4,5)21-15(6)12(17)19-14-11-9(3)18-7-20-11/h8-9H,7H2,1-6H3. The summed E-state index contributed by atoms with van der Waals surface area (Å²) >= 11 is 2.53. The van der Waals surface area contributed by atoms with Crippen LogP contribution >= 0.6 is 23.7 Å². The first-order valence-corrected chi connectivity index (χ1v) is 8.41. The van der Waals surface area contributed by atoms with E-state index in [1.54, 1.807) is 20.9 Å². The second-order valence-corrected chi connectivity index (χ2v) is 8.17. The highest BCUT2D eigenvalue weighted by molar-refractivity contribution is 8.14. The maximum absolute atomic E-state index is 12.1. The van der Waals surface area contributed by atoms with Crippen LogP contribution in [-0.2, 0) is 14.4 Å². The Balaban J connectivity index is 2.57. The average molecular weight is 334 g/mol. The lowest BCUT2D eigenvalue weighted by Gasteiger charge is -2.28. The number of amides is 1. The van der Waals surface area contributed by atoms with Gasteiger partial charge in [0.2, 0.25) is 0 Å².